The number of nitrogens with zero attached hydrogens (tertiary/aromatic N) is 3. The van der Waals surface area contributed by atoms with E-state index in [1.807, 2.05) is 23.9 Å². The first-order valence-electron chi connectivity index (χ1n) is 5.91. The van der Waals surface area contributed by atoms with Crippen LogP contribution in [0.5, 0.6) is 0 Å². The summed E-state index contributed by atoms with van der Waals surface area (Å²) in [5, 5.41) is 9.51. The molecule has 0 amide bonds. The zero-order valence-corrected chi connectivity index (χ0v) is 11.1. The van der Waals surface area contributed by atoms with Crippen LogP contribution in [-0.2, 0) is 6.54 Å². The highest BCUT2D eigenvalue weighted by atomic mass is 32.2. The summed E-state index contributed by atoms with van der Waals surface area (Å²) in [5.41, 5.74) is 1.69. The van der Waals surface area contributed by atoms with Gasteiger partial charge < -0.3 is 0 Å². The van der Waals surface area contributed by atoms with E-state index in [0.717, 1.165) is 13.1 Å². The van der Waals surface area contributed by atoms with Crippen molar-refractivity contribution in [2.45, 2.75) is 31.7 Å². The molecule has 0 N–H and O–H groups in total. The van der Waals surface area contributed by atoms with Gasteiger partial charge in [0.2, 0.25) is 0 Å². The van der Waals surface area contributed by atoms with Crippen molar-refractivity contribution in [3.63, 3.8) is 0 Å². The van der Waals surface area contributed by atoms with Crippen LogP contribution in [0.4, 0.5) is 0 Å². The van der Waals surface area contributed by atoms with Crippen molar-refractivity contribution >= 4 is 11.8 Å². The number of hydrogen-bond donors (Lipinski definition) is 0. The largest absolute Gasteiger partial charge is 0.294 e. The molecule has 0 aliphatic carbocycles. The van der Waals surface area contributed by atoms with Gasteiger partial charge in [0.25, 0.3) is 0 Å². The van der Waals surface area contributed by atoms with E-state index in [2.05, 4.69) is 29.8 Å². The molecule has 1 aliphatic rings. The summed E-state index contributed by atoms with van der Waals surface area (Å²) in [6.07, 6.45) is 1.72. The Morgan fingerprint density at radius 1 is 1.59 bits per heavy atom. The fourth-order valence-electron chi connectivity index (χ4n) is 2.09. The minimum atomic E-state index is 0.509. The number of pyridine rings is 1. The fourth-order valence-corrected chi connectivity index (χ4v) is 3.25. The topological polar surface area (TPSA) is 39.9 Å². The van der Waals surface area contributed by atoms with Crippen LogP contribution < -0.4 is 0 Å². The Bertz CT molecular complexity index is 427. The highest BCUT2D eigenvalue weighted by Gasteiger charge is 2.24. The first kappa shape index (κ1) is 12.4. The summed E-state index contributed by atoms with van der Waals surface area (Å²) >= 11 is 2.04. The van der Waals surface area contributed by atoms with E-state index >= 15 is 0 Å². The van der Waals surface area contributed by atoms with Crippen LogP contribution in [0.3, 0.4) is 0 Å². The first-order chi connectivity index (χ1) is 8.20. The third-order valence-electron chi connectivity index (χ3n) is 3.34. The van der Waals surface area contributed by atoms with Crippen LogP contribution in [0.1, 0.15) is 25.1 Å². The third kappa shape index (κ3) is 2.99. The minimum absolute atomic E-state index is 0.509. The Morgan fingerprint density at radius 2 is 2.41 bits per heavy atom. The molecule has 1 saturated heterocycles. The molecule has 2 atom stereocenters. The van der Waals surface area contributed by atoms with Crippen molar-refractivity contribution in [2.24, 2.45) is 0 Å². The average molecular weight is 247 g/mol. The molecular formula is C13H17N3S. The van der Waals surface area contributed by atoms with Gasteiger partial charge in [0.05, 0.1) is 0 Å². The average Bonchev–Trinajstić information content (AvgIpc) is 2.35. The molecule has 0 saturated carbocycles. The van der Waals surface area contributed by atoms with Gasteiger partial charge in [-0.3, -0.25) is 4.90 Å². The third-order valence-corrected chi connectivity index (χ3v) is 4.68. The van der Waals surface area contributed by atoms with E-state index in [0.29, 0.717) is 17.0 Å². The Balaban J connectivity index is 2.07. The Hall–Kier alpha value is -1.05. The SMILES string of the molecule is CC1SCCN(Cc2ccnc(C#N)c2)C1C. The number of nitriles is 1. The maximum atomic E-state index is 8.83. The lowest BCUT2D eigenvalue weighted by atomic mass is 10.1. The predicted molar refractivity (Wildman–Crippen MR) is 70.7 cm³/mol. The van der Waals surface area contributed by atoms with E-state index < -0.39 is 0 Å². The first-order valence-corrected chi connectivity index (χ1v) is 6.96. The second-order valence-corrected chi connectivity index (χ2v) is 5.93. The molecule has 3 nitrogen and oxygen atoms in total. The molecule has 0 bridgehead atoms. The molecule has 0 radical (unpaired) electrons. The van der Waals surface area contributed by atoms with Gasteiger partial charge in [-0.15, -0.1) is 0 Å². The maximum absolute atomic E-state index is 8.83. The van der Waals surface area contributed by atoms with Gasteiger partial charge in [-0.2, -0.15) is 17.0 Å². The van der Waals surface area contributed by atoms with Crippen molar-refractivity contribution in [2.75, 3.05) is 12.3 Å². The van der Waals surface area contributed by atoms with Gasteiger partial charge in [-0.1, -0.05) is 6.92 Å². The van der Waals surface area contributed by atoms with Crippen LogP contribution in [0.25, 0.3) is 0 Å². The zero-order valence-electron chi connectivity index (χ0n) is 10.3. The fraction of sp³-hybridized carbons (Fsp3) is 0.538. The number of aromatic nitrogens is 1. The predicted octanol–water partition coefficient (Wildman–Crippen LogP) is 2.28. The standard InChI is InChI=1S/C13H17N3S/c1-10-11(2)17-6-5-16(10)9-12-3-4-15-13(7-12)8-14/h3-4,7,10-11H,5-6,9H2,1-2H3. The molecule has 1 fully saturated rings. The second kappa shape index (κ2) is 5.52. The lowest BCUT2D eigenvalue weighted by Crippen LogP contribution is -2.43. The van der Waals surface area contributed by atoms with Gasteiger partial charge in [0.1, 0.15) is 11.8 Å². The van der Waals surface area contributed by atoms with Gasteiger partial charge >= 0.3 is 0 Å². The van der Waals surface area contributed by atoms with Crippen LogP contribution in [0.15, 0.2) is 18.3 Å². The Kier molecular flexibility index (Phi) is 4.03. The smallest absolute Gasteiger partial charge is 0.140 e. The van der Waals surface area contributed by atoms with E-state index in [-0.39, 0.29) is 0 Å². The summed E-state index contributed by atoms with van der Waals surface area (Å²) in [5.74, 6) is 1.20. The quantitative estimate of drug-likeness (QED) is 0.804. The zero-order chi connectivity index (χ0) is 12.3. The molecule has 2 heterocycles. The molecule has 0 aromatic carbocycles. The molecular weight excluding hydrogens is 230 g/mol. The van der Waals surface area contributed by atoms with Crippen LogP contribution in [-0.4, -0.2) is 33.5 Å². The Labute approximate surface area is 107 Å². The molecule has 1 aromatic heterocycles. The molecule has 90 valence electrons. The van der Waals surface area contributed by atoms with Gasteiger partial charge in [-0.25, -0.2) is 4.98 Å². The van der Waals surface area contributed by atoms with Crippen molar-refractivity contribution in [1.29, 1.82) is 5.26 Å². The number of rotatable bonds is 2. The highest BCUT2D eigenvalue weighted by molar-refractivity contribution is 8.00. The molecule has 1 aliphatic heterocycles. The summed E-state index contributed by atoms with van der Waals surface area (Å²) in [6, 6.07) is 6.57. The number of thioether (sulfide) groups is 1. The summed E-state index contributed by atoms with van der Waals surface area (Å²) in [4.78, 5) is 6.48. The van der Waals surface area contributed by atoms with Gasteiger partial charge in [0.15, 0.2) is 0 Å². The molecule has 2 rings (SSSR count). The van der Waals surface area contributed by atoms with E-state index in [9.17, 15) is 0 Å². The second-order valence-electron chi connectivity index (χ2n) is 4.45. The lowest BCUT2D eigenvalue weighted by Gasteiger charge is -2.37. The minimum Gasteiger partial charge on any atom is -0.294 e. The molecule has 4 heteroatoms. The van der Waals surface area contributed by atoms with Crippen LogP contribution in [0, 0.1) is 11.3 Å². The maximum Gasteiger partial charge on any atom is 0.140 e. The lowest BCUT2D eigenvalue weighted by molar-refractivity contribution is 0.204. The van der Waals surface area contributed by atoms with Crippen molar-refractivity contribution in [3.05, 3.63) is 29.6 Å². The Morgan fingerprint density at radius 3 is 3.18 bits per heavy atom. The van der Waals surface area contributed by atoms with E-state index in [1.165, 1.54) is 11.3 Å². The van der Waals surface area contributed by atoms with Gasteiger partial charge in [-0.05, 0) is 24.6 Å². The van der Waals surface area contributed by atoms with Crippen LogP contribution >= 0.6 is 11.8 Å². The number of hydrogen-bond acceptors (Lipinski definition) is 4. The summed E-state index contributed by atoms with van der Waals surface area (Å²) in [7, 11) is 0. The molecule has 1 aromatic rings. The van der Waals surface area contributed by atoms with Crippen molar-refractivity contribution < 1.29 is 0 Å². The molecule has 0 spiro atoms. The monoisotopic (exact) mass is 247 g/mol. The normalized spacial score (nSPS) is 25.5. The van der Waals surface area contributed by atoms with Crippen molar-refractivity contribution in [3.8, 4) is 6.07 Å². The van der Waals surface area contributed by atoms with Gasteiger partial charge in [0, 0.05) is 36.3 Å². The van der Waals surface area contributed by atoms with E-state index in [1.54, 1.807) is 6.20 Å². The van der Waals surface area contributed by atoms with Crippen LogP contribution in [0.2, 0.25) is 0 Å². The highest BCUT2D eigenvalue weighted by Crippen LogP contribution is 2.25. The summed E-state index contributed by atoms with van der Waals surface area (Å²) in [6.45, 7) is 6.61. The summed E-state index contributed by atoms with van der Waals surface area (Å²) < 4.78 is 0. The van der Waals surface area contributed by atoms with E-state index in [4.69, 9.17) is 5.26 Å². The van der Waals surface area contributed by atoms with Crippen molar-refractivity contribution in [1.82, 2.24) is 9.88 Å². The molecule has 2 unspecified atom stereocenters. The molecule has 17 heavy (non-hydrogen) atoms.